The van der Waals surface area contributed by atoms with Crippen LogP contribution < -0.4 is 5.32 Å². The van der Waals surface area contributed by atoms with Crippen molar-refractivity contribution in [2.24, 2.45) is 0 Å². The minimum Gasteiger partial charge on any atom is -0.481 e. The molecule has 4 aromatic rings. The number of amides is 1. The van der Waals surface area contributed by atoms with Gasteiger partial charge in [0.05, 0.1) is 10.7 Å². The Hall–Kier alpha value is -3.68. The molecule has 3 aromatic carbocycles. The molecule has 0 saturated heterocycles. The van der Waals surface area contributed by atoms with Gasteiger partial charge in [-0.2, -0.15) is 0 Å². The number of hydrogen-bond donors (Lipinski definition) is 2. The van der Waals surface area contributed by atoms with Crippen molar-refractivity contribution < 1.29 is 23.5 Å². The molecular weight excluding hydrogens is 470 g/mol. The van der Waals surface area contributed by atoms with Crippen molar-refractivity contribution in [3.8, 4) is 0 Å². The second-order valence-corrected chi connectivity index (χ2v) is 7.92. The molecule has 0 radical (unpaired) electrons. The minimum atomic E-state index is -1.24. The average Bonchev–Trinajstić information content (AvgIpc) is 3.24. The number of hydrogen-bond acceptors (Lipinski definition) is 4. The molecule has 1 atom stereocenters. The average molecular weight is 485 g/mol. The highest BCUT2D eigenvalue weighted by Gasteiger charge is 2.26. The van der Waals surface area contributed by atoms with Crippen LogP contribution in [0.4, 0.5) is 10.1 Å². The van der Waals surface area contributed by atoms with Gasteiger partial charge in [0, 0.05) is 16.7 Å². The molecule has 0 aliphatic carbocycles. The Morgan fingerprint density at radius 3 is 2.64 bits per heavy atom. The molecule has 0 aliphatic rings. The van der Waals surface area contributed by atoms with E-state index in [0.717, 1.165) is 0 Å². The quantitative estimate of drug-likeness (QED) is 0.320. The van der Waals surface area contributed by atoms with Gasteiger partial charge in [-0.25, -0.2) is 9.37 Å². The van der Waals surface area contributed by atoms with Gasteiger partial charge in [0.15, 0.2) is 12.0 Å². The van der Waals surface area contributed by atoms with E-state index in [1.807, 2.05) is 0 Å². The number of halogens is 3. The van der Waals surface area contributed by atoms with Crippen molar-refractivity contribution in [2.75, 3.05) is 5.32 Å². The van der Waals surface area contributed by atoms with E-state index in [9.17, 15) is 19.1 Å². The first-order chi connectivity index (χ1) is 15.8. The maximum atomic E-state index is 14.9. The lowest BCUT2D eigenvalue weighted by Gasteiger charge is -2.14. The molecule has 0 spiro atoms. The van der Waals surface area contributed by atoms with E-state index in [1.165, 1.54) is 42.8 Å². The topological polar surface area (TPSA) is 92.4 Å². The fourth-order valence-electron chi connectivity index (χ4n) is 3.33. The van der Waals surface area contributed by atoms with Crippen LogP contribution in [-0.2, 0) is 9.59 Å². The summed E-state index contributed by atoms with van der Waals surface area (Å²) in [5.74, 6) is -3.64. The lowest BCUT2D eigenvalue weighted by molar-refractivity contribution is -0.137. The minimum absolute atomic E-state index is 0.0140. The Bertz CT molecular complexity index is 1400. The number of nitrogens with zero attached hydrogens (tertiary/aromatic N) is 1. The summed E-state index contributed by atoms with van der Waals surface area (Å²) in [5, 5.41) is 13.1. The van der Waals surface area contributed by atoms with Crippen LogP contribution in [0.3, 0.4) is 0 Å². The third kappa shape index (κ3) is 5.05. The molecule has 0 fully saturated rings. The highest BCUT2D eigenvalue weighted by atomic mass is 35.5. The molecule has 1 aromatic heterocycles. The van der Waals surface area contributed by atoms with Crippen molar-refractivity contribution >= 4 is 57.9 Å². The molecule has 9 heteroatoms. The van der Waals surface area contributed by atoms with Crippen LogP contribution in [0.5, 0.6) is 0 Å². The first kappa shape index (κ1) is 22.5. The lowest BCUT2D eigenvalue weighted by Crippen LogP contribution is -2.14. The number of carbonyl (C=O) groups excluding carboxylic acids is 1. The van der Waals surface area contributed by atoms with Crippen molar-refractivity contribution in [1.29, 1.82) is 0 Å². The van der Waals surface area contributed by atoms with E-state index in [0.29, 0.717) is 32.9 Å². The van der Waals surface area contributed by atoms with Gasteiger partial charge < -0.3 is 14.8 Å². The third-order valence-corrected chi connectivity index (χ3v) is 5.43. The SMILES string of the molecule is O=C(C=Cc1ccc(C(C(=O)O)c2ccc3ocnc3c2)c(F)c1)Nc1ccc(Cl)cc1Cl. The number of oxazole rings is 1. The second-order valence-electron chi connectivity index (χ2n) is 7.08. The van der Waals surface area contributed by atoms with Gasteiger partial charge in [-0.3, -0.25) is 9.59 Å². The summed E-state index contributed by atoms with van der Waals surface area (Å²) in [6.45, 7) is 0. The highest BCUT2D eigenvalue weighted by Crippen LogP contribution is 2.30. The van der Waals surface area contributed by atoms with Gasteiger partial charge in [0.2, 0.25) is 5.91 Å². The van der Waals surface area contributed by atoms with E-state index < -0.39 is 23.6 Å². The zero-order chi connectivity index (χ0) is 23.5. The molecule has 0 bridgehead atoms. The molecule has 33 heavy (non-hydrogen) atoms. The van der Waals surface area contributed by atoms with Crippen LogP contribution in [-0.4, -0.2) is 22.0 Å². The van der Waals surface area contributed by atoms with E-state index in [1.54, 1.807) is 30.3 Å². The number of nitrogens with one attached hydrogen (secondary N) is 1. The van der Waals surface area contributed by atoms with Crippen molar-refractivity contribution in [3.05, 3.63) is 99.6 Å². The maximum Gasteiger partial charge on any atom is 0.315 e. The van der Waals surface area contributed by atoms with Crippen LogP contribution in [0.15, 0.2) is 71.5 Å². The summed E-state index contributed by atoms with van der Waals surface area (Å²) < 4.78 is 20.1. The predicted octanol–water partition coefficient (Wildman–Crippen LogP) is 6.14. The number of carboxylic acid groups (broad SMARTS) is 1. The van der Waals surface area contributed by atoms with Crippen molar-refractivity contribution in [2.45, 2.75) is 5.92 Å². The monoisotopic (exact) mass is 484 g/mol. The molecule has 1 heterocycles. The van der Waals surface area contributed by atoms with Crippen molar-refractivity contribution in [1.82, 2.24) is 4.98 Å². The van der Waals surface area contributed by atoms with Gasteiger partial charge in [-0.15, -0.1) is 0 Å². The van der Waals surface area contributed by atoms with Gasteiger partial charge >= 0.3 is 5.97 Å². The first-order valence-electron chi connectivity index (χ1n) is 9.61. The molecule has 1 amide bonds. The van der Waals surface area contributed by atoms with Gasteiger partial charge in [0.1, 0.15) is 17.3 Å². The van der Waals surface area contributed by atoms with E-state index >= 15 is 0 Å². The number of fused-ring (bicyclic) bond motifs is 1. The van der Waals surface area contributed by atoms with Crippen LogP contribution >= 0.6 is 23.2 Å². The van der Waals surface area contributed by atoms with Gasteiger partial charge in [-0.05, 0) is 53.6 Å². The number of carboxylic acids is 1. The number of rotatable bonds is 6. The summed E-state index contributed by atoms with van der Waals surface area (Å²) in [6, 6.07) is 13.4. The van der Waals surface area contributed by atoms with E-state index in [-0.39, 0.29) is 10.6 Å². The molecule has 1 unspecified atom stereocenters. The number of aliphatic carboxylic acids is 1. The Balaban J connectivity index is 1.54. The van der Waals surface area contributed by atoms with E-state index in [2.05, 4.69) is 10.3 Å². The zero-order valence-corrected chi connectivity index (χ0v) is 18.3. The largest absolute Gasteiger partial charge is 0.481 e. The maximum absolute atomic E-state index is 14.9. The number of carbonyl (C=O) groups is 2. The summed E-state index contributed by atoms with van der Waals surface area (Å²) in [5.41, 5.74) is 2.09. The molecule has 4 rings (SSSR count). The zero-order valence-electron chi connectivity index (χ0n) is 16.8. The first-order valence-corrected chi connectivity index (χ1v) is 10.4. The predicted molar refractivity (Wildman–Crippen MR) is 124 cm³/mol. The van der Waals surface area contributed by atoms with Gasteiger partial charge in [-0.1, -0.05) is 41.4 Å². The summed E-state index contributed by atoms with van der Waals surface area (Å²) in [6.07, 6.45) is 3.87. The second kappa shape index (κ2) is 9.44. The Morgan fingerprint density at radius 1 is 1.09 bits per heavy atom. The summed E-state index contributed by atoms with van der Waals surface area (Å²) in [7, 11) is 0. The Labute approximate surface area is 197 Å². The molecule has 2 N–H and O–H groups in total. The third-order valence-electron chi connectivity index (χ3n) is 4.89. The fourth-order valence-corrected chi connectivity index (χ4v) is 3.78. The molecular formula is C24H15Cl2FN2O4. The summed E-state index contributed by atoms with van der Waals surface area (Å²) >= 11 is 11.9. The Kier molecular flexibility index (Phi) is 6.44. The van der Waals surface area contributed by atoms with Crippen molar-refractivity contribution in [3.63, 3.8) is 0 Å². The molecule has 6 nitrogen and oxygen atoms in total. The highest BCUT2D eigenvalue weighted by molar-refractivity contribution is 6.36. The standard InChI is InChI=1S/C24H15Cl2FN2O4/c25-15-4-6-19(17(26)11-15)29-22(30)8-2-13-1-5-16(18(27)9-13)23(24(31)32)14-3-7-21-20(10-14)28-12-33-21/h1-12,23H,(H,29,30)(H,31,32). The van der Waals surface area contributed by atoms with Crippen LogP contribution in [0.25, 0.3) is 17.2 Å². The summed E-state index contributed by atoms with van der Waals surface area (Å²) in [4.78, 5) is 28.1. The van der Waals surface area contributed by atoms with Crippen LogP contribution in [0, 0.1) is 5.82 Å². The van der Waals surface area contributed by atoms with E-state index in [4.69, 9.17) is 27.6 Å². The smallest absolute Gasteiger partial charge is 0.315 e. The lowest BCUT2D eigenvalue weighted by atomic mass is 9.90. The van der Waals surface area contributed by atoms with Gasteiger partial charge in [0.25, 0.3) is 0 Å². The molecule has 0 saturated carbocycles. The number of anilines is 1. The molecule has 0 aliphatic heterocycles. The number of aromatic nitrogens is 1. The van der Waals surface area contributed by atoms with Crippen LogP contribution in [0.1, 0.15) is 22.6 Å². The normalized spacial score (nSPS) is 12.2. The fraction of sp³-hybridized carbons (Fsp3) is 0.0417. The Morgan fingerprint density at radius 2 is 1.91 bits per heavy atom. The van der Waals surface area contributed by atoms with Crippen LogP contribution in [0.2, 0.25) is 10.0 Å². The number of benzene rings is 3. The molecule has 166 valence electrons.